The molecule has 1 aromatic heterocycles. The Morgan fingerprint density at radius 2 is 1.88 bits per heavy atom. The number of furan rings is 1. The van der Waals surface area contributed by atoms with Crippen molar-refractivity contribution in [2.75, 3.05) is 0 Å². The highest BCUT2D eigenvalue weighted by Crippen LogP contribution is 2.26. The number of para-hydroxylation sites is 1. The van der Waals surface area contributed by atoms with Crippen LogP contribution in [0, 0.1) is 0 Å². The molecule has 0 atom stereocenters. The Bertz CT molecular complexity index is 772. The molecule has 2 rings (SSSR count). The first kappa shape index (κ1) is 18.9. The number of rotatable bonds is 5. The molecule has 0 unspecified atom stereocenters. The third-order valence-corrected chi connectivity index (χ3v) is 2.79. The number of benzene rings is 1. The van der Waals surface area contributed by atoms with Crippen molar-refractivity contribution in [2.45, 2.75) is 13.0 Å². The SMILES string of the molecule is O=C(/C=C/c1ccco1)NNC(=O)OCc1ccccc1OC(F)(F)F. The molecule has 0 bridgehead atoms. The van der Waals surface area contributed by atoms with Crippen LogP contribution in [0.2, 0.25) is 0 Å². The standard InChI is InChI=1S/C16H13F3N2O5/c17-16(18,19)26-13-6-2-1-4-11(13)10-25-15(23)21-20-14(22)8-7-12-5-3-9-24-12/h1-9H,10H2,(H,20,22)(H,21,23)/b8-7+. The highest BCUT2D eigenvalue weighted by molar-refractivity contribution is 5.92. The number of hydrogen-bond donors (Lipinski definition) is 2. The number of ether oxygens (including phenoxy) is 2. The quantitative estimate of drug-likeness (QED) is 0.623. The van der Waals surface area contributed by atoms with E-state index in [-0.39, 0.29) is 5.56 Å². The summed E-state index contributed by atoms with van der Waals surface area (Å²) in [5, 5.41) is 0. The van der Waals surface area contributed by atoms with Crippen molar-refractivity contribution in [1.29, 1.82) is 0 Å². The van der Waals surface area contributed by atoms with E-state index < -0.39 is 30.7 Å². The number of carbonyl (C=O) groups is 2. The maximum absolute atomic E-state index is 12.3. The van der Waals surface area contributed by atoms with E-state index in [0.29, 0.717) is 5.76 Å². The number of carbonyl (C=O) groups excluding carboxylic acids is 2. The Morgan fingerprint density at radius 1 is 1.12 bits per heavy atom. The summed E-state index contributed by atoms with van der Waals surface area (Å²) in [4.78, 5) is 23.0. The molecule has 0 saturated carbocycles. The monoisotopic (exact) mass is 370 g/mol. The molecule has 0 spiro atoms. The van der Waals surface area contributed by atoms with Crippen LogP contribution in [-0.2, 0) is 16.1 Å². The molecule has 1 aromatic carbocycles. The van der Waals surface area contributed by atoms with Crippen molar-refractivity contribution < 1.29 is 36.7 Å². The van der Waals surface area contributed by atoms with Crippen LogP contribution in [0.3, 0.4) is 0 Å². The molecule has 7 nitrogen and oxygen atoms in total. The molecule has 0 fully saturated rings. The Labute approximate surface area is 145 Å². The first-order valence-electron chi connectivity index (χ1n) is 7.11. The van der Waals surface area contributed by atoms with Crippen LogP contribution in [-0.4, -0.2) is 18.4 Å². The molecular weight excluding hydrogens is 357 g/mol. The molecule has 1 heterocycles. The lowest BCUT2D eigenvalue weighted by Gasteiger charge is -2.13. The Kier molecular flexibility index (Phi) is 6.25. The third-order valence-electron chi connectivity index (χ3n) is 2.79. The van der Waals surface area contributed by atoms with Crippen LogP contribution in [0.4, 0.5) is 18.0 Å². The summed E-state index contributed by atoms with van der Waals surface area (Å²) in [7, 11) is 0. The van der Waals surface area contributed by atoms with Crippen LogP contribution in [0.5, 0.6) is 5.75 Å². The topological polar surface area (TPSA) is 89.8 Å². The molecule has 0 saturated heterocycles. The van der Waals surface area contributed by atoms with E-state index in [1.54, 1.807) is 12.1 Å². The minimum absolute atomic E-state index is 0.00372. The number of hydrazine groups is 1. The Balaban J connectivity index is 1.79. The predicted octanol–water partition coefficient (Wildman–Crippen LogP) is 3.15. The van der Waals surface area contributed by atoms with Gasteiger partial charge in [-0.1, -0.05) is 18.2 Å². The lowest BCUT2D eigenvalue weighted by Crippen LogP contribution is -2.41. The van der Waals surface area contributed by atoms with Gasteiger partial charge in [0.25, 0.3) is 5.91 Å². The molecule has 10 heteroatoms. The zero-order valence-corrected chi connectivity index (χ0v) is 13.1. The van der Waals surface area contributed by atoms with Gasteiger partial charge in [0.05, 0.1) is 6.26 Å². The zero-order valence-electron chi connectivity index (χ0n) is 13.1. The molecule has 138 valence electrons. The van der Waals surface area contributed by atoms with E-state index >= 15 is 0 Å². The molecule has 0 aliphatic heterocycles. The van der Waals surface area contributed by atoms with Crippen molar-refractivity contribution in [3.05, 3.63) is 60.1 Å². The highest BCUT2D eigenvalue weighted by Gasteiger charge is 2.32. The summed E-state index contributed by atoms with van der Waals surface area (Å²) in [5.41, 5.74) is 3.98. The average molecular weight is 370 g/mol. The maximum atomic E-state index is 12.3. The molecule has 0 aliphatic rings. The smallest absolute Gasteiger partial charge is 0.465 e. The lowest BCUT2D eigenvalue weighted by molar-refractivity contribution is -0.275. The summed E-state index contributed by atoms with van der Waals surface area (Å²) in [6, 6.07) is 8.45. The first-order chi connectivity index (χ1) is 12.3. The van der Waals surface area contributed by atoms with Gasteiger partial charge >= 0.3 is 12.5 Å². The maximum Gasteiger partial charge on any atom is 0.573 e. The molecule has 2 aromatic rings. The average Bonchev–Trinajstić information content (AvgIpc) is 3.09. The van der Waals surface area contributed by atoms with Gasteiger partial charge in [-0.05, 0) is 24.3 Å². The van der Waals surface area contributed by atoms with Crippen LogP contribution in [0.15, 0.2) is 53.2 Å². The van der Waals surface area contributed by atoms with Crippen LogP contribution in [0.1, 0.15) is 11.3 Å². The zero-order chi connectivity index (χ0) is 19.0. The molecule has 26 heavy (non-hydrogen) atoms. The van der Waals surface area contributed by atoms with Gasteiger partial charge in [0, 0.05) is 11.6 Å². The van der Waals surface area contributed by atoms with Gasteiger partial charge in [-0.15, -0.1) is 13.2 Å². The number of halogens is 3. The van der Waals surface area contributed by atoms with Gasteiger partial charge in [0.1, 0.15) is 18.1 Å². The summed E-state index contributed by atoms with van der Waals surface area (Å²) in [5.74, 6) is -0.721. The van der Waals surface area contributed by atoms with E-state index in [9.17, 15) is 22.8 Å². The summed E-state index contributed by atoms with van der Waals surface area (Å²) < 4.78 is 50.4. The van der Waals surface area contributed by atoms with Crippen molar-refractivity contribution in [1.82, 2.24) is 10.9 Å². The van der Waals surface area contributed by atoms with Crippen molar-refractivity contribution >= 4 is 18.1 Å². The van der Waals surface area contributed by atoms with E-state index in [4.69, 9.17) is 9.15 Å². The van der Waals surface area contributed by atoms with Crippen LogP contribution >= 0.6 is 0 Å². The number of nitrogens with one attached hydrogen (secondary N) is 2. The normalized spacial score (nSPS) is 11.2. The highest BCUT2D eigenvalue weighted by atomic mass is 19.4. The minimum atomic E-state index is -4.87. The largest absolute Gasteiger partial charge is 0.573 e. The van der Waals surface area contributed by atoms with Gasteiger partial charge in [0.2, 0.25) is 0 Å². The van der Waals surface area contributed by atoms with Gasteiger partial charge in [0.15, 0.2) is 0 Å². The van der Waals surface area contributed by atoms with Crippen LogP contribution < -0.4 is 15.6 Å². The van der Waals surface area contributed by atoms with Gasteiger partial charge in [-0.3, -0.25) is 10.2 Å². The predicted molar refractivity (Wildman–Crippen MR) is 82.3 cm³/mol. The van der Waals surface area contributed by atoms with Crippen molar-refractivity contribution in [2.24, 2.45) is 0 Å². The Hall–Kier alpha value is -3.43. The first-order valence-corrected chi connectivity index (χ1v) is 7.11. The fraction of sp³-hybridized carbons (Fsp3) is 0.125. The molecule has 0 aliphatic carbocycles. The molecular formula is C16H13F3N2O5. The molecule has 0 radical (unpaired) electrons. The summed E-state index contributed by atoms with van der Waals surface area (Å²) in [6.45, 7) is -0.490. The van der Waals surface area contributed by atoms with E-state index in [2.05, 4.69) is 4.74 Å². The van der Waals surface area contributed by atoms with Crippen molar-refractivity contribution in [3.63, 3.8) is 0 Å². The van der Waals surface area contributed by atoms with E-state index in [1.807, 2.05) is 10.9 Å². The van der Waals surface area contributed by atoms with E-state index in [0.717, 1.165) is 12.1 Å². The molecule has 2 amide bonds. The second-order valence-electron chi connectivity index (χ2n) is 4.69. The number of amides is 2. The fourth-order valence-electron chi connectivity index (χ4n) is 1.72. The Morgan fingerprint density at radius 3 is 2.58 bits per heavy atom. The second kappa shape index (κ2) is 8.60. The van der Waals surface area contributed by atoms with Crippen molar-refractivity contribution in [3.8, 4) is 5.75 Å². The second-order valence-corrected chi connectivity index (χ2v) is 4.69. The lowest BCUT2D eigenvalue weighted by atomic mass is 10.2. The van der Waals surface area contributed by atoms with E-state index in [1.165, 1.54) is 30.5 Å². The third kappa shape index (κ3) is 6.59. The number of alkyl halides is 3. The van der Waals surface area contributed by atoms with Gasteiger partial charge in [-0.2, -0.15) is 0 Å². The fourth-order valence-corrected chi connectivity index (χ4v) is 1.72. The summed E-state index contributed by atoms with van der Waals surface area (Å²) >= 11 is 0. The minimum Gasteiger partial charge on any atom is -0.465 e. The van der Waals surface area contributed by atoms with Crippen LogP contribution in [0.25, 0.3) is 6.08 Å². The number of hydrogen-bond acceptors (Lipinski definition) is 5. The van der Waals surface area contributed by atoms with Gasteiger partial charge < -0.3 is 13.9 Å². The van der Waals surface area contributed by atoms with Gasteiger partial charge in [-0.25, -0.2) is 10.2 Å². The summed E-state index contributed by atoms with van der Waals surface area (Å²) in [6.07, 6.45) is -2.04. The molecule has 2 N–H and O–H groups in total.